The molecule has 0 N–H and O–H groups in total. The maximum Gasteiger partial charge on any atom is 0.330 e. The van der Waals surface area contributed by atoms with Crippen molar-refractivity contribution in [3.63, 3.8) is 0 Å². The van der Waals surface area contributed by atoms with Crippen LogP contribution in [0.25, 0.3) is 5.57 Å². The van der Waals surface area contributed by atoms with Gasteiger partial charge >= 0.3 is 5.97 Å². The van der Waals surface area contributed by atoms with E-state index in [2.05, 4.69) is 38.1 Å². The minimum Gasteiger partial charge on any atom is -0.463 e. The molecule has 0 aliphatic carbocycles. The van der Waals surface area contributed by atoms with Crippen molar-refractivity contribution in [2.75, 3.05) is 6.61 Å². The second-order valence-electron chi connectivity index (χ2n) is 4.74. The van der Waals surface area contributed by atoms with E-state index in [1.807, 2.05) is 13.0 Å². The summed E-state index contributed by atoms with van der Waals surface area (Å²) in [5, 5.41) is 0. The zero-order valence-electron chi connectivity index (χ0n) is 12.1. The summed E-state index contributed by atoms with van der Waals surface area (Å²) in [6, 6.07) is 8.51. The van der Waals surface area contributed by atoms with Crippen molar-refractivity contribution < 1.29 is 9.53 Å². The molecule has 0 saturated carbocycles. The molecule has 0 amide bonds. The highest BCUT2D eigenvalue weighted by Gasteiger charge is 1.99. The fourth-order valence-corrected chi connectivity index (χ4v) is 1.69. The molecule has 0 unspecified atom stereocenters. The van der Waals surface area contributed by atoms with Gasteiger partial charge in [-0.2, -0.15) is 0 Å². The Morgan fingerprint density at radius 2 is 1.89 bits per heavy atom. The summed E-state index contributed by atoms with van der Waals surface area (Å²) in [5.74, 6) is 0.240. The van der Waals surface area contributed by atoms with Crippen LogP contribution in [0.2, 0.25) is 0 Å². The maximum absolute atomic E-state index is 11.1. The topological polar surface area (TPSA) is 26.3 Å². The van der Waals surface area contributed by atoms with E-state index in [9.17, 15) is 4.79 Å². The van der Waals surface area contributed by atoms with Crippen molar-refractivity contribution >= 4 is 11.5 Å². The number of hydrogen-bond acceptors (Lipinski definition) is 2. The van der Waals surface area contributed by atoms with Crippen LogP contribution in [0, 0.1) is 0 Å². The Bertz CT molecular complexity index is 465. The summed E-state index contributed by atoms with van der Waals surface area (Å²) in [5.41, 5.74) is 3.62. The van der Waals surface area contributed by atoms with Crippen LogP contribution in [-0.4, -0.2) is 12.6 Å². The number of allylic oxidation sites excluding steroid dienone is 3. The molecule has 0 heterocycles. The molecule has 0 aromatic heterocycles. The van der Waals surface area contributed by atoms with Gasteiger partial charge in [-0.25, -0.2) is 4.79 Å². The van der Waals surface area contributed by atoms with E-state index in [1.54, 1.807) is 13.0 Å². The molecule has 2 nitrogen and oxygen atoms in total. The number of carbonyl (C=O) groups is 1. The Morgan fingerprint density at radius 1 is 1.26 bits per heavy atom. The van der Waals surface area contributed by atoms with Gasteiger partial charge < -0.3 is 4.74 Å². The first-order chi connectivity index (χ1) is 9.04. The first-order valence-corrected chi connectivity index (χ1v) is 6.66. The van der Waals surface area contributed by atoms with Crippen LogP contribution >= 0.6 is 0 Å². The number of carbonyl (C=O) groups excluding carboxylic acids is 1. The van der Waals surface area contributed by atoms with Gasteiger partial charge in [0.25, 0.3) is 0 Å². The summed E-state index contributed by atoms with van der Waals surface area (Å²) in [4.78, 5) is 11.1. The fourth-order valence-electron chi connectivity index (χ4n) is 1.69. The van der Waals surface area contributed by atoms with E-state index in [0.29, 0.717) is 12.5 Å². The number of ether oxygens (including phenoxy) is 1. The second kappa shape index (κ2) is 7.57. The van der Waals surface area contributed by atoms with E-state index < -0.39 is 0 Å². The molecule has 1 aromatic rings. The largest absolute Gasteiger partial charge is 0.463 e. The lowest BCUT2D eigenvalue weighted by atomic mass is 9.99. The van der Waals surface area contributed by atoms with E-state index in [4.69, 9.17) is 4.74 Å². The highest BCUT2D eigenvalue weighted by molar-refractivity contribution is 5.82. The molecule has 0 atom stereocenters. The standard InChI is InChI=1S/C17H22O2/c1-5-19-17(18)8-6-7-14(4)16-11-9-15(10-12-16)13(2)3/h6-13H,5H2,1-4H3. The van der Waals surface area contributed by atoms with Gasteiger partial charge in [-0.15, -0.1) is 0 Å². The molecule has 0 bridgehead atoms. The van der Waals surface area contributed by atoms with Gasteiger partial charge in [0, 0.05) is 6.08 Å². The number of hydrogen-bond donors (Lipinski definition) is 0. The molecule has 0 radical (unpaired) electrons. The summed E-state index contributed by atoms with van der Waals surface area (Å²) < 4.78 is 4.82. The normalized spacial score (nSPS) is 12.2. The fraction of sp³-hybridized carbons (Fsp3) is 0.353. The number of rotatable bonds is 5. The third kappa shape index (κ3) is 5.12. The van der Waals surface area contributed by atoms with Crippen LogP contribution < -0.4 is 0 Å². The lowest BCUT2D eigenvalue weighted by Gasteiger charge is -2.06. The molecule has 0 saturated heterocycles. The minimum absolute atomic E-state index is 0.304. The van der Waals surface area contributed by atoms with E-state index in [1.165, 1.54) is 11.6 Å². The van der Waals surface area contributed by atoms with E-state index >= 15 is 0 Å². The highest BCUT2D eigenvalue weighted by atomic mass is 16.5. The lowest BCUT2D eigenvalue weighted by molar-refractivity contribution is -0.137. The predicted octanol–water partition coefficient (Wildman–Crippen LogP) is 4.33. The van der Waals surface area contributed by atoms with Crippen molar-refractivity contribution in [1.82, 2.24) is 0 Å². The lowest BCUT2D eigenvalue weighted by Crippen LogP contribution is -1.98. The third-order valence-electron chi connectivity index (χ3n) is 2.90. The van der Waals surface area contributed by atoms with Crippen LogP contribution in [0.1, 0.15) is 44.7 Å². The Morgan fingerprint density at radius 3 is 2.42 bits per heavy atom. The van der Waals surface area contributed by atoms with Crippen molar-refractivity contribution in [3.05, 3.63) is 53.6 Å². The predicted molar refractivity (Wildman–Crippen MR) is 80.0 cm³/mol. The van der Waals surface area contributed by atoms with Gasteiger partial charge in [-0.3, -0.25) is 0 Å². The summed E-state index contributed by atoms with van der Waals surface area (Å²) >= 11 is 0. The van der Waals surface area contributed by atoms with Crippen molar-refractivity contribution in [2.24, 2.45) is 0 Å². The van der Waals surface area contributed by atoms with Crippen molar-refractivity contribution in [1.29, 1.82) is 0 Å². The molecule has 2 heteroatoms. The van der Waals surface area contributed by atoms with E-state index in [-0.39, 0.29) is 5.97 Å². The molecule has 102 valence electrons. The zero-order chi connectivity index (χ0) is 14.3. The average molecular weight is 258 g/mol. The van der Waals surface area contributed by atoms with E-state index in [0.717, 1.165) is 11.1 Å². The SMILES string of the molecule is CCOC(=O)C=CC=C(C)c1ccc(C(C)C)cc1. The molecule has 1 aromatic carbocycles. The highest BCUT2D eigenvalue weighted by Crippen LogP contribution is 2.19. The van der Waals surface area contributed by atoms with Crippen LogP contribution in [0.3, 0.4) is 0 Å². The molecule has 19 heavy (non-hydrogen) atoms. The van der Waals surface area contributed by atoms with Gasteiger partial charge in [0.2, 0.25) is 0 Å². The second-order valence-corrected chi connectivity index (χ2v) is 4.74. The Labute approximate surface area is 115 Å². The summed E-state index contributed by atoms with van der Waals surface area (Å²) in [6.45, 7) is 8.59. The smallest absolute Gasteiger partial charge is 0.330 e. The molecule has 0 fully saturated rings. The zero-order valence-corrected chi connectivity index (χ0v) is 12.1. The minimum atomic E-state index is -0.304. The quantitative estimate of drug-likeness (QED) is 0.446. The molecule has 0 aliphatic rings. The van der Waals surface area contributed by atoms with Gasteiger partial charge in [0.1, 0.15) is 0 Å². The van der Waals surface area contributed by atoms with Gasteiger partial charge in [0.15, 0.2) is 0 Å². The number of esters is 1. The molecule has 1 rings (SSSR count). The van der Waals surface area contributed by atoms with Crippen molar-refractivity contribution in [3.8, 4) is 0 Å². The van der Waals surface area contributed by atoms with Crippen LogP contribution in [0.15, 0.2) is 42.5 Å². The Kier molecular flexibility index (Phi) is 6.07. The monoisotopic (exact) mass is 258 g/mol. The third-order valence-corrected chi connectivity index (χ3v) is 2.90. The van der Waals surface area contributed by atoms with Crippen LogP contribution in [0.4, 0.5) is 0 Å². The molecule has 0 spiro atoms. The summed E-state index contributed by atoms with van der Waals surface area (Å²) in [7, 11) is 0. The Hall–Kier alpha value is -1.83. The first kappa shape index (κ1) is 15.2. The maximum atomic E-state index is 11.1. The van der Waals surface area contributed by atoms with Crippen LogP contribution in [-0.2, 0) is 9.53 Å². The summed E-state index contributed by atoms with van der Waals surface area (Å²) in [6.07, 6.45) is 5.08. The molecular formula is C17H22O2. The average Bonchev–Trinajstić information content (AvgIpc) is 2.39. The van der Waals surface area contributed by atoms with Crippen LogP contribution in [0.5, 0.6) is 0 Å². The van der Waals surface area contributed by atoms with Crippen molar-refractivity contribution in [2.45, 2.75) is 33.6 Å². The molecular weight excluding hydrogens is 236 g/mol. The first-order valence-electron chi connectivity index (χ1n) is 6.66. The van der Waals surface area contributed by atoms with Gasteiger partial charge in [0.05, 0.1) is 6.61 Å². The van der Waals surface area contributed by atoms with Gasteiger partial charge in [-0.05, 0) is 36.5 Å². The Balaban J connectivity index is 2.71. The van der Waals surface area contributed by atoms with Gasteiger partial charge in [-0.1, -0.05) is 50.3 Å². The number of benzene rings is 1. The molecule has 0 aliphatic heterocycles.